The fourth-order valence-corrected chi connectivity index (χ4v) is 3.05. The van der Waals surface area contributed by atoms with E-state index in [1.807, 2.05) is 36.5 Å². The second-order valence-corrected chi connectivity index (χ2v) is 6.14. The molecular formula is C21H18N4O3. The Bertz CT molecular complexity index is 1150. The molecule has 0 saturated heterocycles. The van der Waals surface area contributed by atoms with Crippen molar-refractivity contribution in [3.8, 4) is 17.1 Å². The van der Waals surface area contributed by atoms with Gasteiger partial charge in [0.1, 0.15) is 16.8 Å². The van der Waals surface area contributed by atoms with Crippen molar-refractivity contribution in [2.24, 2.45) is 0 Å². The van der Waals surface area contributed by atoms with Crippen molar-refractivity contribution >= 4 is 17.0 Å². The number of hydrogen-bond donors (Lipinski definition) is 0. The summed E-state index contributed by atoms with van der Waals surface area (Å²) in [6, 6.07) is 14.9. The molecular weight excluding hydrogens is 356 g/mol. The van der Waals surface area contributed by atoms with Crippen LogP contribution in [0.15, 0.2) is 60.9 Å². The zero-order chi connectivity index (χ0) is 19.5. The highest BCUT2D eigenvalue weighted by molar-refractivity contribution is 5.96. The predicted molar refractivity (Wildman–Crippen MR) is 104 cm³/mol. The van der Waals surface area contributed by atoms with Crippen LogP contribution >= 0.6 is 0 Å². The van der Waals surface area contributed by atoms with Crippen LogP contribution in [0.5, 0.6) is 5.75 Å². The molecule has 7 nitrogen and oxygen atoms in total. The summed E-state index contributed by atoms with van der Waals surface area (Å²) in [7, 11) is 3.00. The molecule has 0 aliphatic carbocycles. The number of para-hydroxylation sites is 1. The van der Waals surface area contributed by atoms with Gasteiger partial charge in [-0.3, -0.25) is 4.68 Å². The lowest BCUT2D eigenvalue weighted by atomic mass is 10.1. The Kier molecular flexibility index (Phi) is 4.72. The minimum absolute atomic E-state index is 0.422. The second-order valence-electron chi connectivity index (χ2n) is 6.14. The summed E-state index contributed by atoms with van der Waals surface area (Å²) >= 11 is 0. The van der Waals surface area contributed by atoms with Gasteiger partial charge in [0.05, 0.1) is 38.7 Å². The van der Waals surface area contributed by atoms with Crippen molar-refractivity contribution in [1.29, 1.82) is 0 Å². The first-order chi connectivity index (χ1) is 13.7. The van der Waals surface area contributed by atoms with Crippen molar-refractivity contribution in [1.82, 2.24) is 19.7 Å². The zero-order valence-corrected chi connectivity index (χ0v) is 15.5. The lowest BCUT2D eigenvalue weighted by molar-refractivity contribution is 0.0601. The lowest BCUT2D eigenvalue weighted by Gasteiger charge is -2.07. The van der Waals surface area contributed by atoms with Crippen LogP contribution in [0.2, 0.25) is 0 Å². The highest BCUT2D eigenvalue weighted by atomic mass is 16.5. The summed E-state index contributed by atoms with van der Waals surface area (Å²) < 4.78 is 12.1. The first kappa shape index (κ1) is 17.7. The highest BCUT2D eigenvalue weighted by Gasteiger charge is 2.16. The molecule has 7 heteroatoms. The van der Waals surface area contributed by atoms with E-state index in [4.69, 9.17) is 9.47 Å². The minimum Gasteiger partial charge on any atom is -0.496 e. The van der Waals surface area contributed by atoms with E-state index in [2.05, 4.69) is 15.1 Å². The number of hydrogen-bond acceptors (Lipinski definition) is 6. The molecule has 0 unspecified atom stereocenters. The van der Waals surface area contributed by atoms with Crippen LogP contribution < -0.4 is 4.74 Å². The van der Waals surface area contributed by atoms with Gasteiger partial charge in [-0.15, -0.1) is 0 Å². The Morgan fingerprint density at radius 2 is 1.82 bits per heavy atom. The van der Waals surface area contributed by atoms with E-state index in [-0.39, 0.29) is 0 Å². The molecule has 0 aliphatic rings. The van der Waals surface area contributed by atoms with Gasteiger partial charge in [-0.05, 0) is 12.1 Å². The number of carbonyl (C=O) groups is 1. The van der Waals surface area contributed by atoms with Gasteiger partial charge in [0, 0.05) is 11.1 Å². The third-order valence-corrected chi connectivity index (χ3v) is 4.40. The number of ether oxygens (including phenoxy) is 2. The molecule has 0 spiro atoms. The van der Waals surface area contributed by atoms with E-state index < -0.39 is 5.97 Å². The summed E-state index contributed by atoms with van der Waals surface area (Å²) in [6.07, 6.45) is 3.51. The summed E-state index contributed by atoms with van der Waals surface area (Å²) in [5.74, 6) is 0.831. The number of rotatable bonds is 5. The molecule has 28 heavy (non-hydrogen) atoms. The molecule has 2 aromatic carbocycles. The lowest BCUT2D eigenvalue weighted by Crippen LogP contribution is -2.04. The summed E-state index contributed by atoms with van der Waals surface area (Å²) in [4.78, 5) is 21.0. The summed E-state index contributed by atoms with van der Waals surface area (Å²) in [5, 5.41) is 4.54. The SMILES string of the molecule is COC(=O)c1ccccc1-c1ncc2nn(Cc3ccccc3OC)cc2n1. The molecule has 2 heterocycles. The van der Waals surface area contributed by atoms with Crippen molar-refractivity contribution in [3.63, 3.8) is 0 Å². The fraction of sp³-hybridized carbons (Fsp3) is 0.143. The van der Waals surface area contributed by atoms with Gasteiger partial charge >= 0.3 is 5.97 Å². The van der Waals surface area contributed by atoms with Crippen molar-refractivity contribution in [3.05, 3.63) is 72.1 Å². The minimum atomic E-state index is -0.425. The van der Waals surface area contributed by atoms with Crippen LogP contribution in [0, 0.1) is 0 Å². The molecule has 140 valence electrons. The molecule has 0 amide bonds. The zero-order valence-electron chi connectivity index (χ0n) is 15.5. The molecule has 4 rings (SSSR count). The third kappa shape index (κ3) is 3.29. The van der Waals surface area contributed by atoms with Crippen LogP contribution in [0.3, 0.4) is 0 Å². The number of nitrogens with zero attached hydrogens (tertiary/aromatic N) is 4. The van der Waals surface area contributed by atoms with Gasteiger partial charge in [-0.1, -0.05) is 36.4 Å². The Hall–Kier alpha value is -3.74. The Morgan fingerprint density at radius 1 is 1.04 bits per heavy atom. The Labute approximate surface area is 161 Å². The maximum Gasteiger partial charge on any atom is 0.338 e. The van der Waals surface area contributed by atoms with Crippen LogP contribution in [0.25, 0.3) is 22.4 Å². The fourth-order valence-electron chi connectivity index (χ4n) is 3.05. The van der Waals surface area contributed by atoms with E-state index in [0.717, 1.165) is 11.3 Å². The van der Waals surface area contributed by atoms with Gasteiger partial charge in [-0.25, -0.2) is 14.8 Å². The Balaban J connectivity index is 1.71. The molecule has 2 aromatic heterocycles. The van der Waals surface area contributed by atoms with Crippen molar-refractivity contribution in [2.45, 2.75) is 6.54 Å². The standard InChI is InChI=1S/C21H18N4O3/c1-27-19-10-6-3-7-14(19)12-25-13-18-17(24-25)11-22-20(23-18)15-8-4-5-9-16(15)21(26)28-2/h3-11,13H,12H2,1-2H3. The monoisotopic (exact) mass is 374 g/mol. The number of carbonyl (C=O) groups excluding carboxylic acids is 1. The molecule has 4 aromatic rings. The Morgan fingerprint density at radius 3 is 2.64 bits per heavy atom. The molecule has 0 aliphatic heterocycles. The molecule has 0 bridgehead atoms. The number of benzene rings is 2. The van der Waals surface area contributed by atoms with E-state index in [1.54, 1.807) is 36.2 Å². The van der Waals surface area contributed by atoms with Crippen LogP contribution in [-0.2, 0) is 11.3 Å². The second kappa shape index (κ2) is 7.48. The first-order valence-corrected chi connectivity index (χ1v) is 8.69. The quantitative estimate of drug-likeness (QED) is 0.499. The molecule has 0 saturated carbocycles. The number of esters is 1. The average Bonchev–Trinajstić information content (AvgIpc) is 3.15. The van der Waals surface area contributed by atoms with Gasteiger partial charge in [0.25, 0.3) is 0 Å². The van der Waals surface area contributed by atoms with E-state index in [9.17, 15) is 4.79 Å². The normalized spacial score (nSPS) is 10.8. The first-order valence-electron chi connectivity index (χ1n) is 8.69. The maximum absolute atomic E-state index is 12.0. The highest BCUT2D eigenvalue weighted by Crippen LogP contribution is 2.23. The number of aromatic nitrogens is 4. The number of fused-ring (bicyclic) bond motifs is 1. The van der Waals surface area contributed by atoms with Gasteiger partial charge in [-0.2, -0.15) is 5.10 Å². The van der Waals surface area contributed by atoms with E-state index in [0.29, 0.717) is 34.5 Å². The van der Waals surface area contributed by atoms with Crippen molar-refractivity contribution < 1.29 is 14.3 Å². The van der Waals surface area contributed by atoms with Crippen LogP contribution in [-0.4, -0.2) is 39.9 Å². The molecule has 0 radical (unpaired) electrons. The van der Waals surface area contributed by atoms with Gasteiger partial charge in [0.15, 0.2) is 5.82 Å². The maximum atomic E-state index is 12.0. The van der Waals surface area contributed by atoms with Gasteiger partial charge in [0.2, 0.25) is 0 Å². The smallest absolute Gasteiger partial charge is 0.338 e. The number of methoxy groups -OCH3 is 2. The third-order valence-electron chi connectivity index (χ3n) is 4.40. The largest absolute Gasteiger partial charge is 0.496 e. The van der Waals surface area contributed by atoms with Gasteiger partial charge < -0.3 is 9.47 Å². The predicted octanol–water partition coefficient (Wildman–Crippen LogP) is 3.34. The summed E-state index contributed by atoms with van der Waals surface area (Å²) in [5.41, 5.74) is 3.43. The molecule has 0 fully saturated rings. The van der Waals surface area contributed by atoms with Crippen LogP contribution in [0.4, 0.5) is 0 Å². The molecule has 0 atom stereocenters. The summed E-state index contributed by atoms with van der Waals surface area (Å²) in [6.45, 7) is 0.550. The molecule has 0 N–H and O–H groups in total. The average molecular weight is 374 g/mol. The van der Waals surface area contributed by atoms with E-state index >= 15 is 0 Å². The van der Waals surface area contributed by atoms with Crippen molar-refractivity contribution in [2.75, 3.05) is 14.2 Å². The topological polar surface area (TPSA) is 79.1 Å². The van der Waals surface area contributed by atoms with E-state index in [1.165, 1.54) is 7.11 Å². The van der Waals surface area contributed by atoms with Crippen LogP contribution in [0.1, 0.15) is 15.9 Å².